The molecule has 0 aromatic heterocycles. The maximum atomic E-state index is 12.4. The lowest BCUT2D eigenvalue weighted by Crippen LogP contribution is -2.25. The summed E-state index contributed by atoms with van der Waals surface area (Å²) in [6, 6.07) is 16.4. The van der Waals surface area contributed by atoms with Crippen LogP contribution in [0.25, 0.3) is 0 Å². The van der Waals surface area contributed by atoms with E-state index in [1.165, 1.54) is 10.5 Å². The molecule has 1 aliphatic rings. The van der Waals surface area contributed by atoms with Gasteiger partial charge in [0.05, 0.1) is 5.41 Å². The van der Waals surface area contributed by atoms with Crippen molar-refractivity contribution in [3.05, 3.63) is 65.2 Å². The number of carbonyl (C=O) groups excluding carboxylic acids is 1. The molecule has 1 unspecified atom stereocenters. The van der Waals surface area contributed by atoms with Crippen molar-refractivity contribution < 1.29 is 9.53 Å². The number of benzene rings is 2. The van der Waals surface area contributed by atoms with E-state index in [1.54, 1.807) is 11.8 Å². The predicted octanol–water partition coefficient (Wildman–Crippen LogP) is 4.97. The van der Waals surface area contributed by atoms with Gasteiger partial charge in [0.1, 0.15) is 0 Å². The molecular weight excluding hydrogens is 292 g/mol. The number of thioether (sulfide) groups is 1. The Balaban J connectivity index is 2.08. The molecule has 1 heterocycles. The molecule has 1 aliphatic heterocycles. The topological polar surface area (TPSA) is 26.3 Å². The average molecular weight is 312 g/mol. The summed E-state index contributed by atoms with van der Waals surface area (Å²) in [5.74, 6) is 0.727. The van der Waals surface area contributed by atoms with Crippen LogP contribution in [0.3, 0.4) is 0 Å². The molecule has 0 aliphatic carbocycles. The van der Waals surface area contributed by atoms with E-state index in [4.69, 9.17) is 4.74 Å². The quantitative estimate of drug-likeness (QED) is 0.695. The Morgan fingerprint density at radius 3 is 2.41 bits per heavy atom. The summed E-state index contributed by atoms with van der Waals surface area (Å²) in [7, 11) is 0. The van der Waals surface area contributed by atoms with Gasteiger partial charge in [0.15, 0.2) is 6.10 Å². The number of rotatable bonds is 1. The minimum Gasteiger partial charge on any atom is -0.452 e. The van der Waals surface area contributed by atoms with Gasteiger partial charge in [-0.15, -0.1) is 11.8 Å². The number of esters is 1. The van der Waals surface area contributed by atoms with Crippen molar-refractivity contribution in [1.82, 2.24) is 0 Å². The Labute approximate surface area is 135 Å². The molecule has 0 N–H and O–H groups in total. The van der Waals surface area contributed by atoms with Crippen molar-refractivity contribution >= 4 is 17.7 Å². The number of carbonyl (C=O) groups is 1. The second-order valence-electron chi connectivity index (χ2n) is 6.56. The first-order valence-corrected chi connectivity index (χ1v) is 8.46. The standard InChI is InChI=1S/C19H20O2S/c1-19(2,3)18(20)21-17-14-9-5-4-8-13(14)12-22-16-11-7-6-10-15(16)17/h4-11,17H,12H2,1-3H3. The summed E-state index contributed by atoms with van der Waals surface area (Å²) < 4.78 is 5.94. The molecule has 0 saturated heterocycles. The van der Waals surface area contributed by atoms with Gasteiger partial charge in [-0.1, -0.05) is 42.5 Å². The van der Waals surface area contributed by atoms with E-state index < -0.39 is 5.41 Å². The molecule has 2 aromatic carbocycles. The summed E-state index contributed by atoms with van der Waals surface area (Å²) in [6.07, 6.45) is -0.325. The van der Waals surface area contributed by atoms with Crippen LogP contribution in [0.15, 0.2) is 53.4 Å². The second-order valence-corrected chi connectivity index (χ2v) is 7.58. The Hall–Kier alpha value is -1.74. The highest BCUT2D eigenvalue weighted by Crippen LogP contribution is 2.41. The van der Waals surface area contributed by atoms with Crippen LogP contribution < -0.4 is 0 Å². The Morgan fingerprint density at radius 1 is 1.05 bits per heavy atom. The lowest BCUT2D eigenvalue weighted by atomic mass is 9.95. The lowest BCUT2D eigenvalue weighted by Gasteiger charge is -2.25. The highest BCUT2D eigenvalue weighted by atomic mass is 32.2. The molecule has 0 fully saturated rings. The molecule has 2 nitrogen and oxygen atoms in total. The molecule has 1 atom stereocenters. The van der Waals surface area contributed by atoms with E-state index in [9.17, 15) is 4.79 Å². The van der Waals surface area contributed by atoms with Gasteiger partial charge >= 0.3 is 5.97 Å². The van der Waals surface area contributed by atoms with E-state index in [2.05, 4.69) is 24.3 Å². The summed E-state index contributed by atoms with van der Waals surface area (Å²) in [6.45, 7) is 5.66. The Morgan fingerprint density at radius 2 is 1.68 bits per heavy atom. The minimum absolute atomic E-state index is 0.172. The van der Waals surface area contributed by atoms with E-state index in [-0.39, 0.29) is 12.1 Å². The van der Waals surface area contributed by atoms with Crippen molar-refractivity contribution in [2.45, 2.75) is 37.5 Å². The van der Waals surface area contributed by atoms with Crippen LogP contribution in [0.2, 0.25) is 0 Å². The highest BCUT2D eigenvalue weighted by Gasteiger charge is 2.31. The Bertz CT molecular complexity index is 653. The van der Waals surface area contributed by atoms with Gasteiger partial charge in [0.25, 0.3) is 0 Å². The first-order valence-electron chi connectivity index (χ1n) is 7.47. The third-order valence-corrected chi connectivity index (χ3v) is 4.90. The van der Waals surface area contributed by atoms with Gasteiger partial charge in [0.2, 0.25) is 0 Å². The van der Waals surface area contributed by atoms with Crippen molar-refractivity contribution in [3.8, 4) is 0 Å². The fourth-order valence-electron chi connectivity index (χ4n) is 2.48. The van der Waals surface area contributed by atoms with Crippen LogP contribution in [-0.2, 0) is 15.3 Å². The minimum atomic E-state index is -0.511. The van der Waals surface area contributed by atoms with Gasteiger partial charge in [-0.05, 0) is 32.4 Å². The maximum absolute atomic E-state index is 12.4. The van der Waals surface area contributed by atoms with Crippen LogP contribution in [0.4, 0.5) is 0 Å². The van der Waals surface area contributed by atoms with Crippen LogP contribution in [0.1, 0.15) is 43.6 Å². The van der Waals surface area contributed by atoms with E-state index in [1.807, 2.05) is 45.0 Å². The van der Waals surface area contributed by atoms with Crippen molar-refractivity contribution in [1.29, 1.82) is 0 Å². The van der Waals surface area contributed by atoms with E-state index in [0.29, 0.717) is 0 Å². The lowest BCUT2D eigenvalue weighted by molar-refractivity contribution is -0.157. The third kappa shape index (κ3) is 2.91. The Kier molecular flexibility index (Phi) is 4.00. The highest BCUT2D eigenvalue weighted by molar-refractivity contribution is 7.98. The number of hydrogen-bond donors (Lipinski definition) is 0. The summed E-state index contributed by atoms with van der Waals surface area (Å²) in [5.41, 5.74) is 2.89. The second kappa shape index (κ2) is 5.81. The smallest absolute Gasteiger partial charge is 0.312 e. The summed E-state index contributed by atoms with van der Waals surface area (Å²) in [4.78, 5) is 13.6. The molecule has 0 amide bonds. The third-order valence-electron chi connectivity index (χ3n) is 3.76. The van der Waals surface area contributed by atoms with Gasteiger partial charge < -0.3 is 4.74 Å². The van der Waals surface area contributed by atoms with Crippen LogP contribution >= 0.6 is 11.8 Å². The van der Waals surface area contributed by atoms with E-state index >= 15 is 0 Å². The normalized spacial score (nSPS) is 17.1. The summed E-state index contributed by atoms with van der Waals surface area (Å²) in [5, 5.41) is 0. The molecule has 3 heteroatoms. The van der Waals surface area contributed by atoms with Crippen LogP contribution in [0.5, 0.6) is 0 Å². The molecule has 3 rings (SSSR count). The van der Waals surface area contributed by atoms with E-state index in [0.717, 1.165) is 16.9 Å². The predicted molar refractivity (Wildman–Crippen MR) is 89.8 cm³/mol. The largest absolute Gasteiger partial charge is 0.452 e. The molecule has 2 aromatic rings. The number of fused-ring (bicyclic) bond motifs is 2. The molecular formula is C19H20O2S. The molecule has 0 bridgehead atoms. The SMILES string of the molecule is CC(C)(C)C(=O)OC1c2ccccc2CSc2ccccc21. The van der Waals surface area contributed by atoms with Crippen molar-refractivity contribution in [2.75, 3.05) is 0 Å². The number of ether oxygens (including phenoxy) is 1. The molecule has 114 valence electrons. The van der Waals surface area contributed by atoms with Gasteiger partial charge in [-0.2, -0.15) is 0 Å². The molecule has 0 radical (unpaired) electrons. The first-order chi connectivity index (χ1) is 10.5. The van der Waals surface area contributed by atoms with Gasteiger partial charge in [-0.3, -0.25) is 4.79 Å². The fraction of sp³-hybridized carbons (Fsp3) is 0.316. The van der Waals surface area contributed by atoms with Gasteiger partial charge in [0, 0.05) is 21.8 Å². The van der Waals surface area contributed by atoms with Crippen molar-refractivity contribution in [2.24, 2.45) is 5.41 Å². The van der Waals surface area contributed by atoms with Crippen LogP contribution in [-0.4, -0.2) is 5.97 Å². The molecule has 22 heavy (non-hydrogen) atoms. The fourth-order valence-corrected chi connectivity index (χ4v) is 3.57. The first kappa shape index (κ1) is 15.2. The zero-order chi connectivity index (χ0) is 15.7. The van der Waals surface area contributed by atoms with Crippen LogP contribution in [0, 0.1) is 5.41 Å². The summed E-state index contributed by atoms with van der Waals surface area (Å²) >= 11 is 1.80. The maximum Gasteiger partial charge on any atom is 0.312 e. The molecule has 0 spiro atoms. The molecule has 0 saturated carbocycles. The number of hydrogen-bond acceptors (Lipinski definition) is 3. The van der Waals surface area contributed by atoms with Crippen molar-refractivity contribution in [3.63, 3.8) is 0 Å². The zero-order valence-electron chi connectivity index (χ0n) is 13.1. The van der Waals surface area contributed by atoms with Gasteiger partial charge in [-0.25, -0.2) is 0 Å². The average Bonchev–Trinajstić information content (AvgIpc) is 2.65. The zero-order valence-corrected chi connectivity index (χ0v) is 13.9. The monoisotopic (exact) mass is 312 g/mol.